The third-order valence-corrected chi connectivity index (χ3v) is 4.45. The monoisotopic (exact) mass is 397 g/mol. The molecule has 0 aromatic heterocycles. The van der Waals surface area contributed by atoms with Gasteiger partial charge in [0.1, 0.15) is 11.4 Å². The van der Waals surface area contributed by atoms with E-state index in [4.69, 9.17) is 4.74 Å². The van der Waals surface area contributed by atoms with Crippen LogP contribution in [0, 0.1) is 5.41 Å². The molecule has 1 rings (SSSR count). The van der Waals surface area contributed by atoms with Gasteiger partial charge in [0.15, 0.2) is 0 Å². The highest BCUT2D eigenvalue weighted by molar-refractivity contribution is 9.11. The molecule has 0 unspecified atom stereocenters. The summed E-state index contributed by atoms with van der Waals surface area (Å²) >= 11 is 3.34. The summed E-state index contributed by atoms with van der Waals surface area (Å²) in [4.78, 5) is 26.4. The number of ether oxygens (including phenoxy) is 1. The lowest BCUT2D eigenvalue weighted by molar-refractivity contribution is -0.126. The van der Waals surface area contributed by atoms with E-state index >= 15 is 0 Å². The average Bonchev–Trinajstić information content (AvgIpc) is 2.42. The van der Waals surface area contributed by atoms with Gasteiger partial charge in [0.05, 0.1) is 5.41 Å². The Labute approximate surface area is 153 Å². The molecule has 5 heteroatoms. The third kappa shape index (κ3) is 5.07. The Balaban J connectivity index is 3.03. The van der Waals surface area contributed by atoms with Gasteiger partial charge in [-0.15, -0.1) is 0 Å². The molecule has 1 fully saturated rings. The lowest BCUT2D eigenvalue weighted by Crippen LogP contribution is -2.48. The summed E-state index contributed by atoms with van der Waals surface area (Å²) in [6, 6.07) is 0. The molecule has 0 N–H and O–H groups in total. The normalized spacial score (nSPS) is 18.1. The molecular weight excluding hydrogens is 370 g/mol. The molecule has 0 aromatic carbocycles. The van der Waals surface area contributed by atoms with Crippen molar-refractivity contribution in [3.05, 3.63) is 34.9 Å². The number of likely N-dealkylation sites (tertiary alicyclic amines) is 1. The molecule has 0 bridgehead atoms. The largest absolute Gasteiger partial charge is 0.444 e. The number of halogens is 1. The molecule has 4 nitrogen and oxygen atoms in total. The van der Waals surface area contributed by atoms with Crippen LogP contribution in [0.25, 0.3) is 0 Å². The highest BCUT2D eigenvalue weighted by atomic mass is 79.9. The van der Waals surface area contributed by atoms with E-state index < -0.39 is 11.0 Å². The van der Waals surface area contributed by atoms with Gasteiger partial charge in [0.25, 0.3) is 0 Å². The van der Waals surface area contributed by atoms with Crippen molar-refractivity contribution >= 4 is 27.8 Å². The predicted octanol–water partition coefficient (Wildman–Crippen LogP) is 5.00. The first-order valence-corrected chi connectivity index (χ1v) is 8.90. The van der Waals surface area contributed by atoms with E-state index in [1.54, 1.807) is 11.8 Å². The number of carbonyl (C=O) groups excluding carboxylic acids is 2. The van der Waals surface area contributed by atoms with E-state index in [0.717, 1.165) is 11.1 Å². The standard InChI is InChI=1S/C19H28BrNO3/c1-13(2)16(12-14(3)20)19(15(4)22)8-10-21(11-9-19)17(23)24-18(5,6)7/h12H,1,3,8-11H2,2,4-7H3. The number of carbonyl (C=O) groups is 2. The summed E-state index contributed by atoms with van der Waals surface area (Å²) in [6.45, 7) is 17.9. The average molecular weight is 398 g/mol. The Bertz CT molecular complexity index is 576. The number of piperidine rings is 1. The Morgan fingerprint density at radius 1 is 1.17 bits per heavy atom. The van der Waals surface area contributed by atoms with Gasteiger partial charge in [-0.1, -0.05) is 34.7 Å². The Hall–Kier alpha value is -1.36. The molecule has 0 saturated carbocycles. The molecule has 1 saturated heterocycles. The lowest BCUT2D eigenvalue weighted by atomic mass is 9.67. The SMILES string of the molecule is C=C(Br)C=C(C(=C)C)C1(C(C)=O)CCN(C(=O)OC(C)(C)C)CC1. The highest BCUT2D eigenvalue weighted by Gasteiger charge is 2.43. The van der Waals surface area contributed by atoms with Crippen LogP contribution in [0.1, 0.15) is 47.5 Å². The number of hydrogen-bond donors (Lipinski definition) is 0. The summed E-state index contributed by atoms with van der Waals surface area (Å²) in [7, 11) is 0. The number of hydrogen-bond acceptors (Lipinski definition) is 3. The predicted molar refractivity (Wildman–Crippen MR) is 101 cm³/mol. The van der Waals surface area contributed by atoms with E-state index in [1.165, 1.54) is 0 Å². The quantitative estimate of drug-likeness (QED) is 0.626. The number of amides is 1. The van der Waals surface area contributed by atoms with Gasteiger partial charge in [-0.05, 0) is 59.1 Å². The lowest BCUT2D eigenvalue weighted by Gasteiger charge is -2.42. The number of Topliss-reactive ketones (excluding diaryl/α,β-unsaturated/α-hetero) is 1. The molecule has 0 aromatic rings. The molecule has 1 heterocycles. The second kappa shape index (κ2) is 7.68. The van der Waals surface area contributed by atoms with Gasteiger partial charge >= 0.3 is 6.09 Å². The van der Waals surface area contributed by atoms with Crippen LogP contribution in [0.2, 0.25) is 0 Å². The fourth-order valence-corrected chi connectivity index (χ4v) is 3.26. The molecule has 1 aliphatic heterocycles. The van der Waals surface area contributed by atoms with Crippen molar-refractivity contribution in [1.82, 2.24) is 4.90 Å². The van der Waals surface area contributed by atoms with Crippen LogP contribution in [0.15, 0.2) is 34.9 Å². The molecule has 0 atom stereocenters. The topological polar surface area (TPSA) is 46.6 Å². The minimum Gasteiger partial charge on any atom is -0.444 e. The maximum absolute atomic E-state index is 12.5. The summed E-state index contributed by atoms with van der Waals surface area (Å²) in [6.07, 6.45) is 2.65. The van der Waals surface area contributed by atoms with E-state index in [-0.39, 0.29) is 11.9 Å². The second-order valence-corrected chi connectivity index (χ2v) is 8.41. The second-order valence-electron chi connectivity index (χ2n) is 7.39. The first-order valence-electron chi connectivity index (χ1n) is 8.10. The molecular formula is C19H28BrNO3. The summed E-state index contributed by atoms with van der Waals surface area (Å²) < 4.78 is 6.13. The van der Waals surface area contributed by atoms with Crippen molar-refractivity contribution in [1.29, 1.82) is 0 Å². The fraction of sp³-hybridized carbons (Fsp3) is 0.579. The van der Waals surface area contributed by atoms with E-state index in [9.17, 15) is 9.59 Å². The van der Waals surface area contributed by atoms with Crippen molar-refractivity contribution in [3.8, 4) is 0 Å². The zero-order valence-corrected chi connectivity index (χ0v) is 17.0. The number of rotatable bonds is 4. The Morgan fingerprint density at radius 3 is 2.00 bits per heavy atom. The van der Waals surface area contributed by atoms with Crippen molar-refractivity contribution < 1.29 is 14.3 Å². The van der Waals surface area contributed by atoms with Crippen molar-refractivity contribution in [2.75, 3.05) is 13.1 Å². The molecule has 134 valence electrons. The fourth-order valence-electron chi connectivity index (χ4n) is 3.03. The summed E-state index contributed by atoms with van der Waals surface area (Å²) in [5, 5.41) is 0. The van der Waals surface area contributed by atoms with Crippen LogP contribution in [0.5, 0.6) is 0 Å². The Kier molecular flexibility index (Phi) is 6.62. The van der Waals surface area contributed by atoms with E-state index in [2.05, 4.69) is 29.1 Å². The van der Waals surface area contributed by atoms with Crippen LogP contribution in [-0.4, -0.2) is 35.5 Å². The smallest absolute Gasteiger partial charge is 0.410 e. The summed E-state index contributed by atoms with van der Waals surface area (Å²) in [5.41, 5.74) is 0.584. The van der Waals surface area contributed by atoms with Crippen LogP contribution in [-0.2, 0) is 9.53 Å². The number of ketones is 1. The van der Waals surface area contributed by atoms with Crippen LogP contribution in [0.3, 0.4) is 0 Å². The first-order chi connectivity index (χ1) is 10.9. The maximum Gasteiger partial charge on any atom is 0.410 e. The first kappa shape index (κ1) is 20.7. The van der Waals surface area contributed by atoms with Gasteiger partial charge in [0, 0.05) is 17.6 Å². The molecule has 24 heavy (non-hydrogen) atoms. The van der Waals surface area contributed by atoms with E-state index in [1.807, 2.05) is 33.8 Å². The summed E-state index contributed by atoms with van der Waals surface area (Å²) in [5.74, 6) is 0.0920. The number of nitrogens with zero attached hydrogens (tertiary/aromatic N) is 1. The molecule has 1 aliphatic rings. The minimum atomic E-state index is -0.624. The van der Waals surface area contributed by atoms with Crippen LogP contribution >= 0.6 is 15.9 Å². The minimum absolute atomic E-state index is 0.0920. The van der Waals surface area contributed by atoms with Gasteiger partial charge in [-0.2, -0.15) is 0 Å². The number of allylic oxidation sites excluding steroid dienone is 4. The highest BCUT2D eigenvalue weighted by Crippen LogP contribution is 2.43. The Morgan fingerprint density at radius 2 is 1.67 bits per heavy atom. The van der Waals surface area contributed by atoms with Gasteiger partial charge in [-0.3, -0.25) is 4.79 Å². The van der Waals surface area contributed by atoms with Crippen molar-refractivity contribution in [2.24, 2.45) is 5.41 Å². The molecule has 0 spiro atoms. The molecule has 1 amide bonds. The maximum atomic E-state index is 12.5. The zero-order chi connectivity index (χ0) is 18.7. The van der Waals surface area contributed by atoms with Gasteiger partial charge < -0.3 is 9.64 Å². The van der Waals surface area contributed by atoms with E-state index in [0.29, 0.717) is 30.4 Å². The zero-order valence-electron chi connectivity index (χ0n) is 15.4. The third-order valence-electron chi connectivity index (χ3n) is 4.22. The van der Waals surface area contributed by atoms with Crippen LogP contribution < -0.4 is 0 Å². The van der Waals surface area contributed by atoms with Crippen molar-refractivity contribution in [2.45, 2.75) is 53.1 Å². The molecule has 0 radical (unpaired) electrons. The van der Waals surface area contributed by atoms with Gasteiger partial charge in [-0.25, -0.2) is 4.79 Å². The van der Waals surface area contributed by atoms with Gasteiger partial charge in [0.2, 0.25) is 0 Å². The van der Waals surface area contributed by atoms with Crippen molar-refractivity contribution in [3.63, 3.8) is 0 Å². The molecule has 0 aliphatic carbocycles. The van der Waals surface area contributed by atoms with Crippen LogP contribution in [0.4, 0.5) is 4.79 Å².